The van der Waals surface area contributed by atoms with Crippen LogP contribution in [0.1, 0.15) is 80.2 Å². The highest BCUT2D eigenvalue weighted by Gasteiger charge is 2.62. The van der Waals surface area contributed by atoms with Crippen molar-refractivity contribution in [2.45, 2.75) is 135 Å². The first kappa shape index (κ1) is 43.1. The molecule has 0 saturated carbocycles. The fourth-order valence-corrected chi connectivity index (χ4v) is 10.3. The number of carbonyl (C=O) groups is 4. The second kappa shape index (κ2) is 16.4. The maximum Gasteiger partial charge on any atom is 0.411 e. The largest absolute Gasteiger partial charge is 0.458 e. The Morgan fingerprint density at radius 2 is 1.75 bits per heavy atom. The number of pyridine rings is 1. The molecule has 59 heavy (non-hydrogen) atoms. The number of amides is 1. The van der Waals surface area contributed by atoms with Crippen molar-refractivity contribution < 1.29 is 52.8 Å². The summed E-state index contributed by atoms with van der Waals surface area (Å²) in [6, 6.07) is 8.51. The lowest BCUT2D eigenvalue weighted by atomic mass is 9.73. The fourth-order valence-electron chi connectivity index (χ4n) is 10.3. The van der Waals surface area contributed by atoms with Gasteiger partial charge in [-0.15, -0.1) is 0 Å². The van der Waals surface area contributed by atoms with Crippen LogP contribution in [0.2, 0.25) is 0 Å². The number of benzene rings is 1. The molecule has 15 heteroatoms. The van der Waals surface area contributed by atoms with Crippen LogP contribution in [-0.4, -0.2) is 137 Å². The van der Waals surface area contributed by atoms with Gasteiger partial charge in [-0.2, -0.15) is 0 Å². The molecule has 1 aromatic heterocycles. The smallest absolute Gasteiger partial charge is 0.411 e. The van der Waals surface area contributed by atoms with E-state index in [2.05, 4.69) is 5.16 Å². The predicted molar refractivity (Wildman–Crippen MR) is 215 cm³/mol. The van der Waals surface area contributed by atoms with Crippen LogP contribution in [0.4, 0.5) is 4.79 Å². The van der Waals surface area contributed by atoms with E-state index in [0.717, 1.165) is 10.9 Å². The number of likely N-dealkylation sites (N-methyl/N-ethyl adjacent to an activating group) is 1. The van der Waals surface area contributed by atoms with Crippen LogP contribution in [0.3, 0.4) is 0 Å². The number of rotatable bonds is 5. The second-order valence-electron chi connectivity index (χ2n) is 18.1. The minimum Gasteiger partial charge on any atom is -0.458 e. The molecule has 1 aromatic carbocycles. The van der Waals surface area contributed by atoms with Crippen LogP contribution in [-0.2, 0) is 42.9 Å². The number of aromatic nitrogens is 1. The Bertz CT molecular complexity index is 1980. The van der Waals surface area contributed by atoms with Gasteiger partial charge in [0.05, 0.1) is 54.1 Å². The van der Waals surface area contributed by atoms with Crippen LogP contribution < -0.4 is 0 Å². The number of nitrogens with zero attached hydrogens (tertiary/aromatic N) is 4. The third-order valence-electron chi connectivity index (χ3n) is 13.6. The van der Waals surface area contributed by atoms with Crippen LogP contribution >= 0.6 is 0 Å². The number of hydrogen-bond donors (Lipinski definition) is 1. The molecule has 1 amide bonds. The normalized spacial score (nSPS) is 40.9. The van der Waals surface area contributed by atoms with Crippen molar-refractivity contribution >= 4 is 40.2 Å². The number of ketones is 2. The average molecular weight is 821 g/mol. The number of oxime groups is 1. The fraction of sp³-hybridized carbons (Fsp3) is 0.682. The van der Waals surface area contributed by atoms with Crippen LogP contribution in [0, 0.1) is 29.6 Å². The van der Waals surface area contributed by atoms with Gasteiger partial charge in [0, 0.05) is 40.9 Å². The van der Waals surface area contributed by atoms with Crippen molar-refractivity contribution in [3.8, 4) is 0 Å². The predicted octanol–water partition coefficient (Wildman–Crippen LogP) is 4.54. The van der Waals surface area contributed by atoms with E-state index in [9.17, 15) is 24.3 Å². The van der Waals surface area contributed by atoms with Gasteiger partial charge in [0.25, 0.3) is 0 Å². The molecule has 7 rings (SSSR count). The number of cyclic esters (lactones) is 1. The summed E-state index contributed by atoms with van der Waals surface area (Å²) in [5, 5.41) is 17.2. The summed E-state index contributed by atoms with van der Waals surface area (Å²) >= 11 is 0. The number of ether oxygens (including phenoxy) is 5. The first-order valence-electron chi connectivity index (χ1n) is 21.0. The lowest BCUT2D eigenvalue weighted by molar-refractivity contribution is -0.298. The lowest BCUT2D eigenvalue weighted by Crippen LogP contribution is -2.61. The van der Waals surface area contributed by atoms with Crippen molar-refractivity contribution in [3.63, 3.8) is 0 Å². The number of para-hydroxylation sites is 1. The van der Waals surface area contributed by atoms with E-state index in [4.69, 9.17) is 33.5 Å². The van der Waals surface area contributed by atoms with Gasteiger partial charge in [0.15, 0.2) is 23.8 Å². The molecule has 4 fully saturated rings. The van der Waals surface area contributed by atoms with E-state index in [-0.39, 0.29) is 43.9 Å². The first-order chi connectivity index (χ1) is 27.9. The zero-order valence-corrected chi connectivity index (χ0v) is 35.8. The molecule has 2 bridgehead atoms. The molecule has 0 aliphatic carbocycles. The summed E-state index contributed by atoms with van der Waals surface area (Å²) in [5.41, 5.74) is -0.815. The first-order valence-corrected chi connectivity index (χ1v) is 21.0. The van der Waals surface area contributed by atoms with E-state index in [0.29, 0.717) is 17.7 Å². The molecule has 0 unspecified atom stereocenters. The maximum atomic E-state index is 14.8. The number of hydrogen-bond acceptors (Lipinski definition) is 14. The third kappa shape index (κ3) is 7.77. The summed E-state index contributed by atoms with van der Waals surface area (Å²) in [4.78, 5) is 72.0. The summed E-state index contributed by atoms with van der Waals surface area (Å²) in [6.07, 6.45) is -3.59. The standard InChI is InChI=1S/C44H60N4O11/c1-11-33-44(8)38-24(4)35(49)22(2)18-43(7,39(25(5)36(50)26(6)40(52)56-33)57-41-37(51)31(47(9)10)16-23(3)55-41)54-21-29-32(20-48(38)42(53)58-44)59-46-34(29)28-17-27-14-12-13-15-30(27)45-19-28/h12-15,17,19,22-26,29,31-33,37-39,41,51H,11,16,18,20-21H2,1-10H3/t22-,23-,24+,25+,26-,29+,31+,32-,33-,37-,38+,39-,41+,43-,44-/m1/s1. The van der Waals surface area contributed by atoms with Crippen LogP contribution in [0.15, 0.2) is 41.7 Å². The number of esters is 1. The lowest BCUT2D eigenvalue weighted by Gasteiger charge is -2.48. The molecule has 4 saturated heterocycles. The van der Waals surface area contributed by atoms with Gasteiger partial charge in [0.1, 0.15) is 23.9 Å². The van der Waals surface area contributed by atoms with Crippen molar-refractivity contribution in [1.82, 2.24) is 14.8 Å². The highest BCUT2D eigenvalue weighted by Crippen LogP contribution is 2.45. The average Bonchev–Trinajstić information content (AvgIpc) is 3.72. The van der Waals surface area contributed by atoms with Gasteiger partial charge < -0.3 is 38.5 Å². The Morgan fingerprint density at radius 3 is 2.46 bits per heavy atom. The topological polar surface area (TPSA) is 176 Å². The van der Waals surface area contributed by atoms with Gasteiger partial charge in [-0.1, -0.05) is 51.0 Å². The summed E-state index contributed by atoms with van der Waals surface area (Å²) in [6.45, 7) is 13.9. The number of fused-ring (bicyclic) bond motifs is 6. The molecule has 6 heterocycles. The molecule has 5 aliphatic heterocycles. The third-order valence-corrected chi connectivity index (χ3v) is 13.6. The summed E-state index contributed by atoms with van der Waals surface area (Å²) in [5.74, 6) is -5.82. The molecule has 0 radical (unpaired) electrons. The van der Waals surface area contributed by atoms with E-state index < -0.39 is 95.4 Å². The van der Waals surface area contributed by atoms with Gasteiger partial charge in [-0.25, -0.2) is 4.79 Å². The van der Waals surface area contributed by atoms with Crippen molar-refractivity contribution in [3.05, 3.63) is 42.1 Å². The molecular weight excluding hydrogens is 761 g/mol. The van der Waals surface area contributed by atoms with Crippen LogP contribution in [0.5, 0.6) is 0 Å². The number of aliphatic hydroxyl groups excluding tert-OH is 1. The Hall–Kier alpha value is -4.02. The van der Waals surface area contributed by atoms with Crippen LogP contribution in [0.25, 0.3) is 10.9 Å². The van der Waals surface area contributed by atoms with Crippen molar-refractivity contribution in [2.24, 2.45) is 34.7 Å². The zero-order valence-electron chi connectivity index (χ0n) is 35.8. The van der Waals surface area contributed by atoms with E-state index in [1.807, 2.05) is 70.1 Å². The Morgan fingerprint density at radius 1 is 1.02 bits per heavy atom. The molecule has 322 valence electrons. The monoisotopic (exact) mass is 820 g/mol. The second-order valence-corrected chi connectivity index (χ2v) is 18.1. The zero-order chi connectivity index (χ0) is 42.7. The molecule has 1 N–H and O–H groups in total. The number of aliphatic hydroxyl groups is 1. The minimum atomic E-state index is -1.47. The van der Waals surface area contributed by atoms with E-state index >= 15 is 0 Å². The molecule has 5 aliphatic rings. The summed E-state index contributed by atoms with van der Waals surface area (Å²) < 4.78 is 32.5. The quantitative estimate of drug-likeness (QED) is 0.329. The molecule has 2 aromatic rings. The molecule has 0 spiro atoms. The molecular formula is C44H60N4O11. The van der Waals surface area contributed by atoms with E-state index in [1.54, 1.807) is 33.9 Å². The van der Waals surface area contributed by atoms with Gasteiger partial charge >= 0.3 is 12.1 Å². The molecule has 15 nitrogen and oxygen atoms in total. The Labute approximate surface area is 346 Å². The summed E-state index contributed by atoms with van der Waals surface area (Å²) in [7, 11) is 3.75. The highest BCUT2D eigenvalue weighted by atomic mass is 16.7. The van der Waals surface area contributed by atoms with Gasteiger partial charge in [-0.3, -0.25) is 24.3 Å². The highest BCUT2D eigenvalue weighted by molar-refractivity contribution is 6.05. The number of carbonyl (C=O) groups excluding carboxylic acids is 4. The SMILES string of the molecule is CC[C@H]1OC(=O)[C@H](C)C(=O)[C@H](C)[C@@H](O[C@@H]2O[C@H](C)C[C@H](N(C)C)[C@H]2O)[C@@]2(C)C[C@@H](C)C(=O)[C@H](C)[C@@H]3N(C[C@H]4ON=C(c5cnc6ccccc6c5)[C@H]4CO2)C(=O)O[C@@]31C. The van der Waals surface area contributed by atoms with E-state index in [1.165, 1.54) is 11.8 Å². The van der Waals surface area contributed by atoms with Crippen molar-refractivity contribution in [2.75, 3.05) is 27.2 Å². The Balaban J connectivity index is 1.39. The Kier molecular flexibility index (Phi) is 12.0. The maximum absolute atomic E-state index is 14.8. The number of Topliss-reactive ketones (excluding diaryl/α,β-unsaturated/α-hetero) is 2. The van der Waals surface area contributed by atoms with Gasteiger partial charge in [0.2, 0.25) is 0 Å². The molecule has 15 atom stereocenters. The minimum absolute atomic E-state index is 0.0225. The van der Waals surface area contributed by atoms with Gasteiger partial charge in [-0.05, 0) is 73.2 Å². The van der Waals surface area contributed by atoms with Crippen molar-refractivity contribution in [1.29, 1.82) is 0 Å².